The number of nitrogens with one attached hydrogen (secondary N) is 4. The number of nitrogens with zero attached hydrogens (tertiary/aromatic N) is 4. The van der Waals surface area contributed by atoms with E-state index in [4.69, 9.17) is 27.3 Å². The number of piperidine rings is 1. The first kappa shape index (κ1) is 40.8. The minimum Gasteiger partial charge on any atom is -0.383 e. The van der Waals surface area contributed by atoms with Gasteiger partial charge in [-0.1, -0.05) is 24.6 Å². The molecular formula is C38H38N10O2S7. The smallest absolute Gasteiger partial charge is 0.243 e. The number of thiophene rings is 2. The fraction of sp³-hybridized carbons (Fsp3) is 0.184. The Morgan fingerprint density at radius 3 is 1.84 bits per heavy atom. The van der Waals surface area contributed by atoms with Crippen LogP contribution in [0.15, 0.2) is 97.0 Å². The van der Waals surface area contributed by atoms with E-state index in [-0.39, 0.29) is 11.7 Å². The summed E-state index contributed by atoms with van der Waals surface area (Å²) in [5.41, 5.74) is 17.6. The predicted molar refractivity (Wildman–Crippen MR) is 244 cm³/mol. The lowest BCUT2D eigenvalue weighted by Gasteiger charge is -2.25. The van der Waals surface area contributed by atoms with Crippen LogP contribution >= 0.6 is 68.9 Å². The zero-order valence-corrected chi connectivity index (χ0v) is 36.5. The van der Waals surface area contributed by atoms with Crippen molar-refractivity contribution in [1.82, 2.24) is 19.3 Å². The third kappa shape index (κ3) is 9.52. The number of hydrogen-bond acceptors (Lipinski definition) is 15. The van der Waals surface area contributed by atoms with E-state index in [9.17, 15) is 8.42 Å². The number of benzene rings is 2. The van der Waals surface area contributed by atoms with Crippen molar-refractivity contribution >= 4 is 123 Å². The summed E-state index contributed by atoms with van der Waals surface area (Å²) in [5, 5.41) is 28.5. The standard InChI is InChI=1S/C20H23N5O2S4.C18H15N5S3/c1-28-19-15(11-17(30-19)18(21)22)16-12-29-20(24-16)23-13-5-7-14(8-6-13)31(26,27)25-9-3-2-4-10-25;1-24-17-12(7-15(26-17)16(19)20)14-9-25-18(23-14)22-11-6-10-4-2-3-5-13(10)21-8-11/h5-8,11-12H,2-4,9-10H2,1H3,(H3,21,22)(H,23,24);2-9H,1H3,(H3,19,20)(H,22,23). The van der Waals surface area contributed by atoms with Gasteiger partial charge >= 0.3 is 0 Å². The molecule has 2 aromatic carbocycles. The van der Waals surface area contributed by atoms with Crippen molar-refractivity contribution in [3.8, 4) is 22.5 Å². The molecule has 5 aromatic heterocycles. The third-order valence-electron chi connectivity index (χ3n) is 8.76. The van der Waals surface area contributed by atoms with E-state index < -0.39 is 10.0 Å². The van der Waals surface area contributed by atoms with Crippen LogP contribution in [0, 0.1) is 10.8 Å². The fourth-order valence-corrected chi connectivity index (χ4v) is 12.4. The molecule has 0 bridgehead atoms. The molecule has 8 rings (SSSR count). The first-order chi connectivity index (χ1) is 27.5. The second kappa shape index (κ2) is 18.1. The number of para-hydroxylation sites is 1. The number of hydrogen-bond donors (Lipinski definition) is 6. The molecule has 19 heteroatoms. The largest absolute Gasteiger partial charge is 0.383 e. The number of anilines is 4. The number of thiazole rings is 2. The summed E-state index contributed by atoms with van der Waals surface area (Å²) in [6.45, 7) is 1.19. The molecule has 294 valence electrons. The summed E-state index contributed by atoms with van der Waals surface area (Å²) in [4.78, 5) is 15.6. The maximum Gasteiger partial charge on any atom is 0.243 e. The number of thioether (sulfide) groups is 2. The van der Waals surface area contributed by atoms with Crippen molar-refractivity contribution in [2.24, 2.45) is 11.5 Å². The SMILES string of the molecule is CSc1sc(C(=N)N)cc1-c1csc(Nc2ccc(S(=O)(=O)N3CCCCC3)cc2)n1.CSc1sc(C(=N)N)cc1-c1csc(Nc2cnc3ccccc3c2)n1. The third-order valence-corrected chi connectivity index (χ3v) is 16.8. The molecule has 12 nitrogen and oxygen atoms in total. The van der Waals surface area contributed by atoms with Crippen molar-refractivity contribution in [1.29, 1.82) is 10.8 Å². The van der Waals surface area contributed by atoms with Gasteiger partial charge in [0.25, 0.3) is 0 Å². The Labute approximate surface area is 355 Å². The molecule has 0 atom stereocenters. The van der Waals surface area contributed by atoms with E-state index in [1.54, 1.807) is 63.4 Å². The normalized spacial score (nSPS) is 13.2. The monoisotopic (exact) mass is 890 g/mol. The number of nitrogens with two attached hydrogens (primary N) is 2. The van der Waals surface area contributed by atoms with Crippen LogP contribution in [-0.2, 0) is 10.0 Å². The molecule has 1 saturated heterocycles. The molecular weight excluding hydrogens is 853 g/mol. The Bertz CT molecular complexity index is 2640. The number of amidine groups is 2. The summed E-state index contributed by atoms with van der Waals surface area (Å²) in [6.07, 6.45) is 8.75. The maximum atomic E-state index is 12.8. The van der Waals surface area contributed by atoms with Crippen LogP contribution in [0.2, 0.25) is 0 Å². The summed E-state index contributed by atoms with van der Waals surface area (Å²) >= 11 is 9.28. The van der Waals surface area contributed by atoms with Crippen LogP contribution < -0.4 is 22.1 Å². The molecule has 0 spiro atoms. The van der Waals surface area contributed by atoms with Gasteiger partial charge in [0, 0.05) is 46.1 Å². The summed E-state index contributed by atoms with van der Waals surface area (Å²) in [7, 11) is -3.43. The van der Waals surface area contributed by atoms with Crippen molar-refractivity contribution < 1.29 is 8.42 Å². The van der Waals surface area contributed by atoms with Crippen LogP contribution in [0.5, 0.6) is 0 Å². The highest BCUT2D eigenvalue weighted by Crippen LogP contribution is 2.40. The number of aromatic nitrogens is 3. The van der Waals surface area contributed by atoms with Gasteiger partial charge in [0.2, 0.25) is 10.0 Å². The zero-order chi connectivity index (χ0) is 40.1. The van der Waals surface area contributed by atoms with Crippen molar-refractivity contribution in [2.45, 2.75) is 32.6 Å². The average Bonchev–Trinajstić information content (AvgIpc) is 4.05. The Morgan fingerprint density at radius 2 is 1.30 bits per heavy atom. The van der Waals surface area contributed by atoms with E-state index in [0.29, 0.717) is 23.1 Å². The highest BCUT2D eigenvalue weighted by molar-refractivity contribution is 8.00. The first-order valence-electron chi connectivity index (χ1n) is 17.5. The molecule has 1 aliphatic rings. The average molecular weight is 891 g/mol. The Morgan fingerprint density at radius 1 is 0.754 bits per heavy atom. The number of nitrogen functional groups attached to an aromatic ring is 2. The Hall–Kier alpha value is -4.34. The second-order valence-corrected chi connectivity index (χ2v) is 20.5. The van der Waals surface area contributed by atoms with Crippen molar-refractivity contribution in [3.63, 3.8) is 0 Å². The van der Waals surface area contributed by atoms with Crippen LogP contribution in [0.1, 0.15) is 29.0 Å². The van der Waals surface area contributed by atoms with Gasteiger partial charge in [-0.15, -0.1) is 68.9 Å². The van der Waals surface area contributed by atoms with Gasteiger partial charge in [-0.2, -0.15) is 4.31 Å². The van der Waals surface area contributed by atoms with Gasteiger partial charge in [-0.3, -0.25) is 15.8 Å². The predicted octanol–water partition coefficient (Wildman–Crippen LogP) is 9.97. The molecule has 8 N–H and O–H groups in total. The van der Waals surface area contributed by atoms with Gasteiger partial charge in [0.1, 0.15) is 11.7 Å². The highest BCUT2D eigenvalue weighted by Gasteiger charge is 2.26. The summed E-state index contributed by atoms with van der Waals surface area (Å²) < 4.78 is 29.3. The molecule has 57 heavy (non-hydrogen) atoms. The molecule has 1 aliphatic heterocycles. The Balaban J connectivity index is 0.000000177. The molecule has 0 radical (unpaired) electrons. The lowest BCUT2D eigenvalue weighted by Crippen LogP contribution is -2.35. The minimum atomic E-state index is -3.43. The summed E-state index contributed by atoms with van der Waals surface area (Å²) in [6, 6.07) is 20.7. The van der Waals surface area contributed by atoms with Crippen LogP contribution in [0.4, 0.5) is 21.6 Å². The zero-order valence-electron chi connectivity index (χ0n) is 30.7. The number of fused-ring (bicyclic) bond motifs is 1. The van der Waals surface area contributed by atoms with Crippen LogP contribution in [0.3, 0.4) is 0 Å². The van der Waals surface area contributed by atoms with E-state index in [2.05, 4.69) is 26.7 Å². The molecule has 6 heterocycles. The van der Waals surface area contributed by atoms with E-state index >= 15 is 0 Å². The number of sulfonamides is 1. The van der Waals surface area contributed by atoms with E-state index in [1.807, 2.05) is 65.9 Å². The fourth-order valence-electron chi connectivity index (χ4n) is 5.94. The minimum absolute atomic E-state index is 0.0553. The van der Waals surface area contributed by atoms with Gasteiger partial charge in [0.15, 0.2) is 10.3 Å². The molecule has 0 saturated carbocycles. The van der Waals surface area contributed by atoms with Gasteiger partial charge in [0.05, 0.1) is 51.9 Å². The van der Waals surface area contributed by atoms with E-state index in [0.717, 1.165) is 87.4 Å². The van der Waals surface area contributed by atoms with Gasteiger partial charge in [-0.25, -0.2) is 18.4 Å². The first-order valence-corrected chi connectivity index (χ1v) is 24.8. The lowest BCUT2D eigenvalue weighted by atomic mass is 10.2. The van der Waals surface area contributed by atoms with Gasteiger partial charge < -0.3 is 22.1 Å². The van der Waals surface area contributed by atoms with Crippen molar-refractivity contribution in [3.05, 3.63) is 93.4 Å². The van der Waals surface area contributed by atoms with Crippen LogP contribution in [-0.4, -0.2) is 64.9 Å². The molecule has 1 fully saturated rings. The topological polar surface area (TPSA) is 200 Å². The van der Waals surface area contributed by atoms with Crippen LogP contribution in [0.25, 0.3) is 33.4 Å². The summed E-state index contributed by atoms with van der Waals surface area (Å²) in [5.74, 6) is 0.145. The molecule has 7 aromatic rings. The lowest BCUT2D eigenvalue weighted by molar-refractivity contribution is 0.346. The number of pyridine rings is 1. The maximum absolute atomic E-state index is 12.8. The second-order valence-electron chi connectivity index (χ2n) is 12.6. The van der Waals surface area contributed by atoms with Crippen molar-refractivity contribution in [2.75, 3.05) is 36.2 Å². The molecule has 0 aliphatic carbocycles. The molecule has 0 unspecified atom stereocenters. The molecule has 0 amide bonds. The van der Waals surface area contributed by atoms with Gasteiger partial charge in [-0.05, 0) is 73.9 Å². The van der Waals surface area contributed by atoms with E-state index in [1.165, 1.54) is 34.0 Å². The number of rotatable bonds is 12. The quantitative estimate of drug-likeness (QED) is 0.0388. The Kier molecular flexibility index (Phi) is 12.9. The highest BCUT2D eigenvalue weighted by atomic mass is 32.2.